The van der Waals surface area contributed by atoms with Gasteiger partial charge >= 0.3 is 0 Å². The molecule has 0 amide bonds. The zero-order valence-electron chi connectivity index (χ0n) is 10.3. The lowest BCUT2D eigenvalue weighted by molar-refractivity contribution is 0.414. The van der Waals surface area contributed by atoms with E-state index in [1.807, 2.05) is 43.3 Å². The minimum atomic E-state index is 0.722. The summed E-state index contributed by atoms with van der Waals surface area (Å²) < 4.78 is 5.33. The number of pyridine rings is 1. The number of nitrogens with one attached hydrogen (secondary N) is 1. The van der Waals surface area contributed by atoms with Crippen LogP contribution in [0.1, 0.15) is 5.69 Å². The lowest BCUT2D eigenvalue weighted by atomic mass is 10.3. The first-order valence-corrected chi connectivity index (χ1v) is 5.74. The van der Waals surface area contributed by atoms with E-state index in [-0.39, 0.29) is 0 Å². The first-order valence-electron chi connectivity index (χ1n) is 5.74. The van der Waals surface area contributed by atoms with Crippen molar-refractivity contribution < 1.29 is 4.74 Å². The fourth-order valence-corrected chi connectivity index (χ4v) is 1.94. The number of methoxy groups -OCH3 is 1. The van der Waals surface area contributed by atoms with Crippen LogP contribution < -0.4 is 4.74 Å². The number of aromatic amines is 1. The van der Waals surface area contributed by atoms with Gasteiger partial charge in [0, 0.05) is 5.69 Å². The van der Waals surface area contributed by atoms with E-state index >= 15 is 0 Å². The standard InChI is InChI=1S/C14H13N3O/c1-9-7-8-12(18-2)13(15-9)14-16-10-5-3-4-6-11(10)17-14/h3-8H,1-2H3,(H,16,17). The Morgan fingerprint density at radius 2 is 1.89 bits per heavy atom. The van der Waals surface area contributed by atoms with Gasteiger partial charge in [-0.05, 0) is 31.2 Å². The number of para-hydroxylation sites is 2. The number of fused-ring (bicyclic) bond motifs is 1. The summed E-state index contributed by atoms with van der Waals surface area (Å²) in [7, 11) is 1.64. The van der Waals surface area contributed by atoms with Crippen LogP contribution in [-0.4, -0.2) is 22.1 Å². The summed E-state index contributed by atoms with van der Waals surface area (Å²) in [6, 6.07) is 11.7. The van der Waals surface area contributed by atoms with Gasteiger partial charge in [0.25, 0.3) is 0 Å². The van der Waals surface area contributed by atoms with Crippen LogP contribution in [0.5, 0.6) is 5.75 Å². The van der Waals surface area contributed by atoms with Gasteiger partial charge in [0.2, 0.25) is 0 Å². The number of nitrogens with zero attached hydrogens (tertiary/aromatic N) is 2. The minimum Gasteiger partial charge on any atom is -0.494 e. The van der Waals surface area contributed by atoms with Crippen LogP contribution in [0.3, 0.4) is 0 Å². The van der Waals surface area contributed by atoms with E-state index in [9.17, 15) is 0 Å². The van der Waals surface area contributed by atoms with Crippen LogP contribution >= 0.6 is 0 Å². The predicted molar refractivity (Wildman–Crippen MR) is 70.6 cm³/mol. The Labute approximate surface area is 105 Å². The highest BCUT2D eigenvalue weighted by atomic mass is 16.5. The fraction of sp³-hybridized carbons (Fsp3) is 0.143. The third kappa shape index (κ3) is 1.72. The Bertz CT molecular complexity index is 670. The Hall–Kier alpha value is -2.36. The number of imidazole rings is 1. The molecule has 0 aliphatic carbocycles. The maximum atomic E-state index is 5.33. The summed E-state index contributed by atoms with van der Waals surface area (Å²) >= 11 is 0. The number of aryl methyl sites for hydroxylation is 1. The molecule has 0 aliphatic heterocycles. The SMILES string of the molecule is COc1ccc(C)nc1-c1nc2ccccc2[nH]1. The molecule has 3 rings (SSSR count). The van der Waals surface area contributed by atoms with Crippen molar-refractivity contribution in [2.75, 3.05) is 7.11 Å². The molecule has 0 radical (unpaired) electrons. The number of hydrogen-bond donors (Lipinski definition) is 1. The topological polar surface area (TPSA) is 50.8 Å². The molecule has 0 saturated carbocycles. The fourth-order valence-electron chi connectivity index (χ4n) is 1.94. The highest BCUT2D eigenvalue weighted by Crippen LogP contribution is 2.27. The Balaban J connectivity index is 2.22. The molecule has 2 heterocycles. The first kappa shape index (κ1) is 10.8. The summed E-state index contributed by atoms with van der Waals surface area (Å²) in [5.74, 6) is 1.46. The lowest BCUT2D eigenvalue weighted by Crippen LogP contribution is -1.94. The molecule has 0 bridgehead atoms. The smallest absolute Gasteiger partial charge is 0.161 e. The van der Waals surface area contributed by atoms with Gasteiger partial charge in [0.05, 0.1) is 18.1 Å². The van der Waals surface area contributed by atoms with Gasteiger partial charge in [-0.3, -0.25) is 0 Å². The van der Waals surface area contributed by atoms with Crippen molar-refractivity contribution in [3.63, 3.8) is 0 Å². The molecule has 1 aromatic carbocycles. The second kappa shape index (κ2) is 4.14. The van der Waals surface area contributed by atoms with Crippen LogP contribution in [0.4, 0.5) is 0 Å². The quantitative estimate of drug-likeness (QED) is 0.748. The number of benzene rings is 1. The summed E-state index contributed by atoms with van der Waals surface area (Å²) in [6.07, 6.45) is 0. The Morgan fingerprint density at radius 3 is 2.67 bits per heavy atom. The van der Waals surface area contributed by atoms with Crippen LogP contribution in [-0.2, 0) is 0 Å². The zero-order chi connectivity index (χ0) is 12.5. The molecule has 0 atom stereocenters. The van der Waals surface area contributed by atoms with E-state index in [1.165, 1.54) is 0 Å². The lowest BCUT2D eigenvalue weighted by Gasteiger charge is -2.05. The molecule has 0 aliphatic rings. The van der Waals surface area contributed by atoms with E-state index in [0.717, 1.165) is 34.0 Å². The maximum Gasteiger partial charge on any atom is 0.161 e. The van der Waals surface area contributed by atoms with Gasteiger partial charge in [-0.1, -0.05) is 12.1 Å². The number of hydrogen-bond acceptors (Lipinski definition) is 3. The number of ether oxygens (including phenoxy) is 1. The zero-order valence-corrected chi connectivity index (χ0v) is 10.3. The van der Waals surface area contributed by atoms with Gasteiger partial charge < -0.3 is 9.72 Å². The highest BCUT2D eigenvalue weighted by Gasteiger charge is 2.12. The molecule has 0 spiro atoms. The molecule has 4 nitrogen and oxygen atoms in total. The average Bonchev–Trinajstić information content (AvgIpc) is 2.82. The third-order valence-corrected chi connectivity index (χ3v) is 2.83. The van der Waals surface area contributed by atoms with Crippen LogP contribution in [0.2, 0.25) is 0 Å². The normalized spacial score (nSPS) is 10.8. The molecule has 0 unspecified atom stereocenters. The molecule has 0 fully saturated rings. The molecule has 18 heavy (non-hydrogen) atoms. The van der Waals surface area contributed by atoms with E-state index in [0.29, 0.717) is 0 Å². The van der Waals surface area contributed by atoms with Gasteiger partial charge in [0.15, 0.2) is 5.82 Å². The Morgan fingerprint density at radius 1 is 1.06 bits per heavy atom. The Kier molecular flexibility index (Phi) is 2.48. The van der Waals surface area contributed by atoms with E-state index in [2.05, 4.69) is 15.0 Å². The van der Waals surface area contributed by atoms with E-state index < -0.39 is 0 Å². The number of aromatic nitrogens is 3. The van der Waals surface area contributed by atoms with Gasteiger partial charge in [-0.2, -0.15) is 0 Å². The molecule has 0 saturated heterocycles. The molecular formula is C14H13N3O. The summed E-state index contributed by atoms with van der Waals surface area (Å²) in [4.78, 5) is 12.3. The molecular weight excluding hydrogens is 226 g/mol. The summed E-state index contributed by atoms with van der Waals surface area (Å²) in [5.41, 5.74) is 3.61. The molecule has 90 valence electrons. The maximum absolute atomic E-state index is 5.33. The van der Waals surface area contributed by atoms with Crippen LogP contribution in [0, 0.1) is 6.92 Å². The number of H-pyrrole nitrogens is 1. The molecule has 4 heteroatoms. The second-order valence-electron chi connectivity index (χ2n) is 4.11. The van der Waals surface area contributed by atoms with Crippen molar-refractivity contribution in [1.82, 2.24) is 15.0 Å². The largest absolute Gasteiger partial charge is 0.494 e. The monoisotopic (exact) mass is 239 g/mol. The minimum absolute atomic E-state index is 0.722. The predicted octanol–water partition coefficient (Wildman–Crippen LogP) is 2.94. The van der Waals surface area contributed by atoms with Gasteiger partial charge in [-0.15, -0.1) is 0 Å². The van der Waals surface area contributed by atoms with Crippen molar-refractivity contribution in [3.8, 4) is 17.3 Å². The second-order valence-corrected chi connectivity index (χ2v) is 4.11. The van der Waals surface area contributed by atoms with Gasteiger partial charge in [-0.25, -0.2) is 9.97 Å². The van der Waals surface area contributed by atoms with Crippen LogP contribution in [0.25, 0.3) is 22.6 Å². The highest BCUT2D eigenvalue weighted by molar-refractivity contribution is 5.79. The molecule has 2 aromatic heterocycles. The van der Waals surface area contributed by atoms with Crippen molar-refractivity contribution in [3.05, 3.63) is 42.1 Å². The van der Waals surface area contributed by atoms with Crippen molar-refractivity contribution in [2.24, 2.45) is 0 Å². The van der Waals surface area contributed by atoms with Gasteiger partial charge in [0.1, 0.15) is 11.4 Å². The van der Waals surface area contributed by atoms with E-state index in [1.54, 1.807) is 7.11 Å². The number of rotatable bonds is 2. The van der Waals surface area contributed by atoms with Crippen molar-refractivity contribution in [2.45, 2.75) is 6.92 Å². The molecule has 1 N–H and O–H groups in total. The first-order chi connectivity index (χ1) is 8.78. The van der Waals surface area contributed by atoms with Crippen molar-refractivity contribution >= 4 is 11.0 Å². The van der Waals surface area contributed by atoms with E-state index in [4.69, 9.17) is 4.74 Å². The summed E-state index contributed by atoms with van der Waals surface area (Å²) in [5, 5.41) is 0. The van der Waals surface area contributed by atoms with Crippen LogP contribution in [0.15, 0.2) is 36.4 Å². The summed E-state index contributed by atoms with van der Waals surface area (Å²) in [6.45, 7) is 1.95. The average molecular weight is 239 g/mol. The third-order valence-electron chi connectivity index (χ3n) is 2.83. The van der Waals surface area contributed by atoms with Crippen molar-refractivity contribution in [1.29, 1.82) is 0 Å². The molecule has 3 aromatic rings.